The number of nitrogens with zero attached hydrogens (tertiary/aromatic N) is 1. The van der Waals surface area contributed by atoms with Gasteiger partial charge in [-0.1, -0.05) is 0 Å². The summed E-state index contributed by atoms with van der Waals surface area (Å²) < 4.78 is 5.36. The standard InChI is InChI=1S/C9H15N3O2/c1-5-4-8(7(3)14-5)6(2)11-9(10)12-13/h4,6,13H,1-3H3,(H3,10,11,12). The predicted octanol–water partition coefficient (Wildman–Crippen LogP) is 1.25. The van der Waals surface area contributed by atoms with E-state index in [4.69, 9.17) is 15.4 Å². The van der Waals surface area contributed by atoms with Crippen molar-refractivity contribution < 1.29 is 9.62 Å². The lowest BCUT2D eigenvalue weighted by Gasteiger charge is -2.05. The minimum absolute atomic E-state index is 0.00393. The van der Waals surface area contributed by atoms with E-state index in [0.29, 0.717) is 0 Å². The molecule has 1 aromatic heterocycles. The van der Waals surface area contributed by atoms with Gasteiger partial charge < -0.3 is 10.2 Å². The van der Waals surface area contributed by atoms with Crippen molar-refractivity contribution in [2.75, 3.05) is 0 Å². The van der Waals surface area contributed by atoms with Crippen LogP contribution < -0.4 is 11.2 Å². The van der Waals surface area contributed by atoms with Gasteiger partial charge in [0, 0.05) is 5.56 Å². The fraction of sp³-hybridized carbons (Fsp3) is 0.444. The van der Waals surface area contributed by atoms with Crippen LogP contribution in [0.1, 0.15) is 30.0 Å². The van der Waals surface area contributed by atoms with Crippen LogP contribution in [0.4, 0.5) is 0 Å². The first-order valence-corrected chi connectivity index (χ1v) is 4.35. The summed E-state index contributed by atoms with van der Waals surface area (Å²) in [5.41, 5.74) is 8.09. The van der Waals surface area contributed by atoms with Gasteiger partial charge in [0.1, 0.15) is 11.5 Å². The van der Waals surface area contributed by atoms with E-state index in [1.54, 1.807) is 5.48 Å². The number of nitrogens with two attached hydrogens (primary N) is 1. The number of nitrogens with one attached hydrogen (secondary N) is 1. The molecule has 5 nitrogen and oxygen atoms in total. The fourth-order valence-corrected chi connectivity index (χ4v) is 1.37. The molecule has 78 valence electrons. The SMILES string of the molecule is Cc1cc(C(C)N=C(N)NO)c(C)o1. The molecule has 0 aliphatic rings. The lowest BCUT2D eigenvalue weighted by molar-refractivity contribution is 0.232. The van der Waals surface area contributed by atoms with Crippen LogP contribution in [0, 0.1) is 13.8 Å². The Morgan fingerprint density at radius 3 is 2.71 bits per heavy atom. The molecule has 0 saturated heterocycles. The number of aryl methyl sites for hydroxylation is 2. The summed E-state index contributed by atoms with van der Waals surface area (Å²) >= 11 is 0. The van der Waals surface area contributed by atoms with Crippen LogP contribution >= 0.6 is 0 Å². The molecule has 1 aromatic rings. The van der Waals surface area contributed by atoms with Crippen LogP contribution in [-0.2, 0) is 0 Å². The first-order chi connectivity index (χ1) is 6.54. The summed E-state index contributed by atoms with van der Waals surface area (Å²) in [7, 11) is 0. The smallest absolute Gasteiger partial charge is 0.213 e. The molecule has 0 radical (unpaired) electrons. The van der Waals surface area contributed by atoms with Gasteiger partial charge in [0.05, 0.1) is 6.04 Å². The highest BCUT2D eigenvalue weighted by Crippen LogP contribution is 2.23. The van der Waals surface area contributed by atoms with Gasteiger partial charge in [-0.25, -0.2) is 10.5 Å². The summed E-state index contributed by atoms with van der Waals surface area (Å²) in [5.74, 6) is 1.66. The molecule has 0 spiro atoms. The second-order valence-corrected chi connectivity index (χ2v) is 3.17. The zero-order valence-corrected chi connectivity index (χ0v) is 8.53. The average Bonchev–Trinajstić information content (AvgIpc) is 2.45. The summed E-state index contributed by atoms with van der Waals surface area (Å²) in [6, 6.07) is 1.78. The molecule has 5 heteroatoms. The van der Waals surface area contributed by atoms with Gasteiger partial charge in [-0.15, -0.1) is 0 Å². The topological polar surface area (TPSA) is 83.8 Å². The van der Waals surface area contributed by atoms with E-state index < -0.39 is 0 Å². The molecule has 0 amide bonds. The second kappa shape index (κ2) is 4.15. The van der Waals surface area contributed by atoms with Gasteiger partial charge >= 0.3 is 0 Å². The van der Waals surface area contributed by atoms with E-state index >= 15 is 0 Å². The van der Waals surface area contributed by atoms with Gasteiger partial charge in [-0.2, -0.15) is 0 Å². The normalized spacial score (nSPS) is 14.1. The van der Waals surface area contributed by atoms with Crippen molar-refractivity contribution in [3.05, 3.63) is 23.2 Å². The van der Waals surface area contributed by atoms with E-state index in [0.717, 1.165) is 17.1 Å². The summed E-state index contributed by atoms with van der Waals surface area (Å²) in [6.07, 6.45) is 0. The van der Waals surface area contributed by atoms with Crippen molar-refractivity contribution in [2.45, 2.75) is 26.8 Å². The maximum Gasteiger partial charge on any atom is 0.213 e. The first-order valence-electron chi connectivity index (χ1n) is 4.35. The Hall–Kier alpha value is -1.49. The molecule has 0 aliphatic carbocycles. The lowest BCUT2D eigenvalue weighted by Crippen LogP contribution is -2.28. The molecule has 1 atom stereocenters. The molecule has 0 bridgehead atoms. The average molecular weight is 197 g/mol. The third-order valence-electron chi connectivity index (χ3n) is 1.98. The minimum atomic E-state index is -0.132. The van der Waals surface area contributed by atoms with Crippen LogP contribution in [0.3, 0.4) is 0 Å². The fourth-order valence-electron chi connectivity index (χ4n) is 1.37. The highest BCUT2D eigenvalue weighted by atomic mass is 16.5. The van der Waals surface area contributed by atoms with Crippen molar-refractivity contribution in [2.24, 2.45) is 10.7 Å². The molecule has 4 N–H and O–H groups in total. The number of furan rings is 1. The zero-order valence-electron chi connectivity index (χ0n) is 8.53. The van der Waals surface area contributed by atoms with E-state index in [2.05, 4.69) is 4.99 Å². The van der Waals surface area contributed by atoms with Crippen LogP contribution in [-0.4, -0.2) is 11.2 Å². The molecule has 1 rings (SSSR count). The molecule has 1 unspecified atom stereocenters. The first kappa shape index (κ1) is 10.6. The summed E-state index contributed by atoms with van der Waals surface area (Å²) in [5, 5.41) is 8.48. The number of hydrogen-bond donors (Lipinski definition) is 3. The quantitative estimate of drug-likeness (QED) is 0.378. The van der Waals surface area contributed by atoms with Crippen molar-refractivity contribution in [1.29, 1.82) is 0 Å². The highest BCUT2D eigenvalue weighted by molar-refractivity contribution is 5.76. The van der Waals surface area contributed by atoms with Crippen LogP contribution in [0.25, 0.3) is 0 Å². The molecule has 0 aliphatic heterocycles. The Morgan fingerprint density at radius 2 is 2.29 bits per heavy atom. The molecule has 0 fully saturated rings. The molecular formula is C9H15N3O2. The Labute approximate surface area is 82.6 Å². The molecule has 1 heterocycles. The van der Waals surface area contributed by atoms with Crippen LogP contribution in [0.2, 0.25) is 0 Å². The molecule has 0 aromatic carbocycles. The van der Waals surface area contributed by atoms with Crippen molar-refractivity contribution in [3.8, 4) is 0 Å². The van der Waals surface area contributed by atoms with Crippen molar-refractivity contribution >= 4 is 5.96 Å². The van der Waals surface area contributed by atoms with E-state index in [1.165, 1.54) is 0 Å². The molecular weight excluding hydrogens is 182 g/mol. The maximum absolute atomic E-state index is 8.48. The van der Waals surface area contributed by atoms with Gasteiger partial charge in [-0.05, 0) is 26.8 Å². The lowest BCUT2D eigenvalue weighted by atomic mass is 10.1. The van der Waals surface area contributed by atoms with Crippen LogP contribution in [0.15, 0.2) is 15.5 Å². The monoisotopic (exact) mass is 197 g/mol. The third kappa shape index (κ3) is 2.26. The highest BCUT2D eigenvalue weighted by Gasteiger charge is 2.11. The number of aliphatic imine (C=N–C) groups is 1. The Kier molecular flexibility index (Phi) is 3.14. The predicted molar refractivity (Wildman–Crippen MR) is 53.1 cm³/mol. The summed E-state index contributed by atoms with van der Waals surface area (Å²) in [4.78, 5) is 4.01. The largest absolute Gasteiger partial charge is 0.466 e. The second-order valence-electron chi connectivity index (χ2n) is 3.17. The number of hydroxylamine groups is 1. The van der Waals surface area contributed by atoms with E-state index in [1.807, 2.05) is 26.8 Å². The van der Waals surface area contributed by atoms with Gasteiger partial charge in [-0.3, -0.25) is 5.21 Å². The van der Waals surface area contributed by atoms with E-state index in [9.17, 15) is 0 Å². The van der Waals surface area contributed by atoms with E-state index in [-0.39, 0.29) is 12.0 Å². The van der Waals surface area contributed by atoms with Gasteiger partial charge in [0.25, 0.3) is 0 Å². The summed E-state index contributed by atoms with van der Waals surface area (Å²) in [6.45, 7) is 5.62. The molecule has 14 heavy (non-hydrogen) atoms. The Bertz CT molecular complexity index is 344. The van der Waals surface area contributed by atoms with Crippen molar-refractivity contribution in [3.63, 3.8) is 0 Å². The van der Waals surface area contributed by atoms with Crippen molar-refractivity contribution in [1.82, 2.24) is 5.48 Å². The van der Waals surface area contributed by atoms with Gasteiger partial charge in [0.15, 0.2) is 0 Å². The zero-order chi connectivity index (χ0) is 10.7. The van der Waals surface area contributed by atoms with Crippen LogP contribution in [0.5, 0.6) is 0 Å². The minimum Gasteiger partial charge on any atom is -0.466 e. The molecule has 0 saturated carbocycles. The number of hydrogen-bond acceptors (Lipinski definition) is 3. The third-order valence-corrected chi connectivity index (χ3v) is 1.98. The number of rotatable bonds is 2. The van der Waals surface area contributed by atoms with Gasteiger partial charge in [0.2, 0.25) is 5.96 Å². The maximum atomic E-state index is 8.48. The Balaban J connectivity index is 2.89. The Morgan fingerprint density at radius 1 is 1.64 bits per heavy atom. The number of guanidine groups is 1.